The van der Waals surface area contributed by atoms with E-state index in [1.165, 1.54) is 0 Å². The molecule has 0 rings (SSSR count). The molecule has 0 saturated carbocycles. The summed E-state index contributed by atoms with van der Waals surface area (Å²) in [6, 6.07) is 0. The summed E-state index contributed by atoms with van der Waals surface area (Å²) in [4.78, 5) is 8.36. The van der Waals surface area contributed by atoms with Crippen molar-refractivity contribution in [2.24, 2.45) is 0 Å². The van der Waals surface area contributed by atoms with E-state index < -0.39 is 5.09 Å². The SMILES string of the molecule is C=C.C=C.O=[N+]([O-])O. The maximum atomic E-state index is 8.36. The molecule has 0 bridgehead atoms. The van der Waals surface area contributed by atoms with E-state index in [0.717, 1.165) is 0 Å². The second kappa shape index (κ2) is 44.1. The molecule has 0 heterocycles. The Hall–Kier alpha value is -1.32. The predicted molar refractivity (Wildman–Crippen MR) is 31.3 cm³/mol. The molecule has 48 valence electrons. The molecular formula is C4H9NO3. The summed E-state index contributed by atoms with van der Waals surface area (Å²) in [7, 11) is 0. The Morgan fingerprint density at radius 2 is 1.25 bits per heavy atom. The second-order valence-corrected chi connectivity index (χ2v) is 0.238. The molecule has 0 aliphatic rings. The van der Waals surface area contributed by atoms with Crippen LogP contribution in [0, 0.1) is 10.1 Å². The number of hydrogen-bond acceptors (Lipinski definition) is 2. The first-order valence-corrected chi connectivity index (χ1v) is 1.57. The van der Waals surface area contributed by atoms with Gasteiger partial charge < -0.3 is 5.21 Å². The van der Waals surface area contributed by atoms with Crippen molar-refractivity contribution in [3.8, 4) is 0 Å². The maximum Gasteiger partial charge on any atom is 0.291 e. The lowest BCUT2D eigenvalue weighted by Crippen LogP contribution is -1.81. The van der Waals surface area contributed by atoms with Gasteiger partial charge in [-0.2, -0.15) is 0 Å². The normalized spacial score (nSPS) is 4.00. The van der Waals surface area contributed by atoms with E-state index in [2.05, 4.69) is 26.3 Å². The first-order chi connectivity index (χ1) is 3.73. The standard InChI is InChI=1S/2C2H4.HNO3/c2*1-2;2-1(3)4/h2*1-2H2;(H,2,3,4). The van der Waals surface area contributed by atoms with Gasteiger partial charge >= 0.3 is 0 Å². The van der Waals surface area contributed by atoms with Gasteiger partial charge in [0.25, 0.3) is 5.09 Å². The van der Waals surface area contributed by atoms with Crippen molar-refractivity contribution in [3.05, 3.63) is 36.4 Å². The van der Waals surface area contributed by atoms with Gasteiger partial charge in [-0.05, 0) is 0 Å². The molecule has 0 aromatic rings. The molecule has 0 aliphatic carbocycles. The molecule has 0 saturated heterocycles. The molecule has 0 aromatic carbocycles. The highest BCUT2D eigenvalue weighted by Gasteiger charge is 1.65. The van der Waals surface area contributed by atoms with Crippen LogP contribution < -0.4 is 0 Å². The van der Waals surface area contributed by atoms with E-state index in [-0.39, 0.29) is 0 Å². The maximum absolute atomic E-state index is 8.36. The Morgan fingerprint density at radius 1 is 1.25 bits per heavy atom. The van der Waals surface area contributed by atoms with Crippen molar-refractivity contribution in [3.63, 3.8) is 0 Å². The van der Waals surface area contributed by atoms with E-state index in [0.29, 0.717) is 0 Å². The third-order valence-electron chi connectivity index (χ3n) is 0. The third kappa shape index (κ3) is 36.4. The fourth-order valence-corrected chi connectivity index (χ4v) is 0. The molecule has 0 radical (unpaired) electrons. The molecule has 0 unspecified atom stereocenters. The topological polar surface area (TPSA) is 63.4 Å². The minimum Gasteiger partial charge on any atom is -0.328 e. The average molecular weight is 119 g/mol. The number of nitrogens with zero attached hydrogens (tertiary/aromatic N) is 1. The Balaban J connectivity index is -0.0000000542. The zero-order valence-corrected chi connectivity index (χ0v) is 4.54. The Morgan fingerprint density at radius 3 is 1.25 bits per heavy atom. The molecule has 0 spiro atoms. The first kappa shape index (κ1) is 15.9. The van der Waals surface area contributed by atoms with E-state index >= 15 is 0 Å². The molecule has 0 aromatic heterocycles. The smallest absolute Gasteiger partial charge is 0.291 e. The number of hydrogen-bond donors (Lipinski definition) is 1. The van der Waals surface area contributed by atoms with Crippen molar-refractivity contribution in [2.45, 2.75) is 0 Å². The van der Waals surface area contributed by atoms with Crippen molar-refractivity contribution < 1.29 is 10.3 Å². The summed E-state index contributed by atoms with van der Waals surface area (Å²) in [6.45, 7) is 12.0. The number of rotatable bonds is 0. The van der Waals surface area contributed by atoms with Crippen molar-refractivity contribution in [1.82, 2.24) is 0 Å². The zero-order chi connectivity index (χ0) is 7.58. The summed E-state index contributed by atoms with van der Waals surface area (Å²) in [5.41, 5.74) is 0. The summed E-state index contributed by atoms with van der Waals surface area (Å²) >= 11 is 0. The summed E-state index contributed by atoms with van der Waals surface area (Å²) in [6.07, 6.45) is 0. The Kier molecular flexibility index (Phi) is 87.7. The Bertz CT molecular complexity index is 49.2. The van der Waals surface area contributed by atoms with Crippen LogP contribution in [0.25, 0.3) is 0 Å². The van der Waals surface area contributed by atoms with Crippen molar-refractivity contribution in [1.29, 1.82) is 0 Å². The lowest BCUT2D eigenvalue weighted by Gasteiger charge is -1.56. The predicted octanol–water partition coefficient (Wildman–Crippen LogP) is 1.26. The monoisotopic (exact) mass is 119 g/mol. The van der Waals surface area contributed by atoms with Crippen LogP contribution >= 0.6 is 0 Å². The lowest BCUT2D eigenvalue weighted by molar-refractivity contribution is -0.742. The van der Waals surface area contributed by atoms with Crippen LogP contribution in [0.2, 0.25) is 0 Å². The highest BCUT2D eigenvalue weighted by atomic mass is 16.9. The average Bonchev–Trinajstić information content (AvgIpc) is 1.75. The van der Waals surface area contributed by atoms with E-state index in [9.17, 15) is 0 Å². The summed E-state index contributed by atoms with van der Waals surface area (Å²) in [5, 5.41) is 13.6. The van der Waals surface area contributed by atoms with E-state index in [1.807, 2.05) is 0 Å². The Labute approximate surface area is 47.9 Å². The minimum absolute atomic E-state index is 1.50. The van der Waals surface area contributed by atoms with Gasteiger partial charge in [0.15, 0.2) is 0 Å². The van der Waals surface area contributed by atoms with Crippen LogP contribution in [-0.2, 0) is 0 Å². The minimum atomic E-state index is -1.50. The van der Waals surface area contributed by atoms with Crippen LogP contribution in [0.5, 0.6) is 0 Å². The molecule has 0 aliphatic heterocycles. The van der Waals surface area contributed by atoms with Crippen LogP contribution in [-0.4, -0.2) is 10.3 Å². The van der Waals surface area contributed by atoms with Gasteiger partial charge in [-0.25, -0.2) is 0 Å². The fourth-order valence-electron chi connectivity index (χ4n) is 0. The van der Waals surface area contributed by atoms with Gasteiger partial charge in [-0.15, -0.1) is 36.4 Å². The molecule has 4 heteroatoms. The lowest BCUT2D eigenvalue weighted by atomic mass is 11.3. The summed E-state index contributed by atoms with van der Waals surface area (Å²) < 4.78 is 0. The highest BCUT2D eigenvalue weighted by molar-refractivity contribution is 4.22. The summed E-state index contributed by atoms with van der Waals surface area (Å²) in [5.74, 6) is 0. The van der Waals surface area contributed by atoms with Crippen LogP contribution in [0.1, 0.15) is 0 Å². The van der Waals surface area contributed by atoms with Gasteiger partial charge in [0.2, 0.25) is 0 Å². The van der Waals surface area contributed by atoms with Crippen molar-refractivity contribution >= 4 is 0 Å². The second-order valence-electron chi connectivity index (χ2n) is 0.238. The molecule has 8 heavy (non-hydrogen) atoms. The van der Waals surface area contributed by atoms with Gasteiger partial charge in [0, 0.05) is 0 Å². The van der Waals surface area contributed by atoms with E-state index in [4.69, 9.17) is 15.3 Å². The van der Waals surface area contributed by atoms with Gasteiger partial charge in [-0.3, -0.25) is 0 Å². The molecule has 0 atom stereocenters. The van der Waals surface area contributed by atoms with Crippen LogP contribution in [0.4, 0.5) is 0 Å². The molecule has 0 amide bonds. The van der Waals surface area contributed by atoms with Gasteiger partial charge in [0.05, 0.1) is 0 Å². The molecular weight excluding hydrogens is 110 g/mol. The molecule has 0 fully saturated rings. The quantitative estimate of drug-likeness (QED) is 0.296. The highest BCUT2D eigenvalue weighted by Crippen LogP contribution is 1.38. The van der Waals surface area contributed by atoms with Gasteiger partial charge in [0.1, 0.15) is 0 Å². The van der Waals surface area contributed by atoms with Crippen molar-refractivity contribution in [2.75, 3.05) is 0 Å². The first-order valence-electron chi connectivity index (χ1n) is 1.57. The van der Waals surface area contributed by atoms with E-state index in [1.54, 1.807) is 0 Å². The molecule has 1 N–H and O–H groups in total. The van der Waals surface area contributed by atoms with Gasteiger partial charge in [-0.1, -0.05) is 0 Å². The zero-order valence-electron chi connectivity index (χ0n) is 4.54. The molecule has 4 nitrogen and oxygen atoms in total. The third-order valence-corrected chi connectivity index (χ3v) is 0. The van der Waals surface area contributed by atoms with Crippen LogP contribution in [0.3, 0.4) is 0 Å². The largest absolute Gasteiger partial charge is 0.328 e. The fraction of sp³-hybridized carbons (Fsp3) is 0. The van der Waals surface area contributed by atoms with Crippen LogP contribution in [0.15, 0.2) is 26.3 Å².